The van der Waals surface area contributed by atoms with Gasteiger partial charge in [0.15, 0.2) is 5.76 Å². The minimum atomic E-state index is -0.590. The molecule has 0 unspecified atom stereocenters. The monoisotopic (exact) mass is 446 g/mol. The third-order valence-corrected chi connectivity index (χ3v) is 6.13. The van der Waals surface area contributed by atoms with Crippen molar-refractivity contribution in [2.75, 3.05) is 53.6 Å². The lowest BCUT2D eigenvalue weighted by Gasteiger charge is -2.39. The van der Waals surface area contributed by atoms with Crippen molar-refractivity contribution < 1.29 is 28.9 Å². The van der Waals surface area contributed by atoms with Crippen LogP contribution < -0.4 is 0 Å². The lowest BCUT2D eigenvalue weighted by molar-refractivity contribution is -0.170. The zero-order valence-corrected chi connectivity index (χ0v) is 19.2. The smallest absolute Gasteiger partial charge is 0.337 e. The fourth-order valence-electron chi connectivity index (χ4n) is 4.26. The van der Waals surface area contributed by atoms with E-state index in [1.807, 2.05) is 37.1 Å². The average Bonchev–Trinajstić information content (AvgIpc) is 2.82. The van der Waals surface area contributed by atoms with Crippen molar-refractivity contribution in [1.82, 2.24) is 9.80 Å². The minimum absolute atomic E-state index is 0.0696. The van der Waals surface area contributed by atoms with Crippen LogP contribution in [0.15, 0.2) is 36.1 Å². The number of piperazine rings is 1. The second kappa shape index (κ2) is 11.4. The third kappa shape index (κ3) is 5.68. The highest BCUT2D eigenvalue weighted by atomic mass is 16.7. The molecule has 0 aliphatic carbocycles. The fourth-order valence-corrected chi connectivity index (χ4v) is 4.26. The highest BCUT2D eigenvalue weighted by molar-refractivity contribution is 5.92. The molecule has 1 aromatic carbocycles. The maximum atomic E-state index is 13.2. The SMILES string of the molecule is CCO[C@@H]1OC(C(=O)N2CCN(C)CC2)=C[C@H](c2ccc(C(=O)OC)cc2)[C@H]1CCCO. The van der Waals surface area contributed by atoms with Crippen LogP contribution in [-0.2, 0) is 19.0 Å². The average molecular weight is 447 g/mol. The van der Waals surface area contributed by atoms with Crippen molar-refractivity contribution >= 4 is 11.9 Å². The Morgan fingerprint density at radius 2 is 1.84 bits per heavy atom. The number of hydrogen-bond donors (Lipinski definition) is 1. The Hall–Kier alpha value is -2.42. The quantitative estimate of drug-likeness (QED) is 0.611. The van der Waals surface area contributed by atoms with Gasteiger partial charge in [-0.05, 0) is 50.6 Å². The molecule has 176 valence electrons. The molecule has 0 saturated carbocycles. The second-order valence-electron chi connectivity index (χ2n) is 8.24. The lowest BCUT2D eigenvalue weighted by Crippen LogP contribution is -2.49. The number of aliphatic hydroxyl groups excluding tert-OH is 1. The first-order valence-electron chi connectivity index (χ1n) is 11.3. The number of methoxy groups -OCH3 is 1. The number of ether oxygens (including phenoxy) is 3. The highest BCUT2D eigenvalue weighted by Crippen LogP contribution is 2.39. The van der Waals surface area contributed by atoms with Gasteiger partial charge in [-0.25, -0.2) is 4.79 Å². The van der Waals surface area contributed by atoms with E-state index < -0.39 is 12.3 Å². The van der Waals surface area contributed by atoms with E-state index >= 15 is 0 Å². The molecule has 0 spiro atoms. The van der Waals surface area contributed by atoms with Crippen LogP contribution in [0.3, 0.4) is 0 Å². The maximum absolute atomic E-state index is 13.2. The van der Waals surface area contributed by atoms with Crippen LogP contribution in [0.1, 0.15) is 41.6 Å². The van der Waals surface area contributed by atoms with E-state index in [9.17, 15) is 14.7 Å². The molecule has 2 heterocycles. The van der Waals surface area contributed by atoms with Gasteiger partial charge >= 0.3 is 5.97 Å². The van der Waals surface area contributed by atoms with Gasteiger partial charge in [-0.1, -0.05) is 12.1 Å². The number of rotatable bonds is 8. The van der Waals surface area contributed by atoms with Gasteiger partial charge in [-0.3, -0.25) is 4.79 Å². The number of hydrogen-bond acceptors (Lipinski definition) is 7. The molecule has 1 aromatic rings. The number of carbonyl (C=O) groups is 2. The summed E-state index contributed by atoms with van der Waals surface area (Å²) in [5, 5.41) is 9.41. The molecule has 8 heteroatoms. The highest BCUT2D eigenvalue weighted by Gasteiger charge is 2.39. The van der Waals surface area contributed by atoms with Crippen LogP contribution in [0.25, 0.3) is 0 Å². The first-order chi connectivity index (χ1) is 15.5. The number of nitrogens with zero attached hydrogens (tertiary/aromatic N) is 2. The van der Waals surface area contributed by atoms with Gasteiger partial charge in [0.05, 0.1) is 12.7 Å². The standard InChI is InChI=1S/C24H34N2O6/c1-4-31-24-19(6-5-15-27)20(17-7-9-18(10-8-17)23(29)30-3)16-21(32-24)22(28)26-13-11-25(2)12-14-26/h7-10,16,19-20,24,27H,4-6,11-15H2,1-3H3/t19-,20-,24-/m1/s1. The number of allylic oxidation sites excluding steroid dienone is 1. The zero-order valence-electron chi connectivity index (χ0n) is 19.2. The molecule has 2 aliphatic heterocycles. The Labute approximate surface area is 189 Å². The molecular weight excluding hydrogens is 412 g/mol. The Balaban J connectivity index is 1.92. The number of aliphatic hydroxyl groups is 1. The van der Waals surface area contributed by atoms with Crippen molar-refractivity contribution in [2.24, 2.45) is 5.92 Å². The van der Waals surface area contributed by atoms with Gasteiger partial charge in [-0.15, -0.1) is 0 Å². The zero-order chi connectivity index (χ0) is 23.1. The van der Waals surface area contributed by atoms with Gasteiger partial charge in [-0.2, -0.15) is 0 Å². The number of likely N-dealkylation sites (N-methyl/N-ethyl adjacent to an activating group) is 1. The Kier molecular flexibility index (Phi) is 8.67. The van der Waals surface area contributed by atoms with E-state index in [0.717, 1.165) is 18.7 Å². The molecule has 1 N–H and O–H groups in total. The van der Waals surface area contributed by atoms with Gasteiger partial charge in [0.1, 0.15) is 0 Å². The molecule has 8 nitrogen and oxygen atoms in total. The molecular formula is C24H34N2O6. The first-order valence-corrected chi connectivity index (χ1v) is 11.3. The summed E-state index contributed by atoms with van der Waals surface area (Å²) < 4.78 is 16.8. The predicted molar refractivity (Wildman–Crippen MR) is 119 cm³/mol. The maximum Gasteiger partial charge on any atom is 0.337 e. The van der Waals surface area contributed by atoms with Crippen molar-refractivity contribution in [3.8, 4) is 0 Å². The topological polar surface area (TPSA) is 88.5 Å². The number of esters is 1. The largest absolute Gasteiger partial charge is 0.465 e. The molecule has 3 atom stereocenters. The summed E-state index contributed by atoms with van der Waals surface area (Å²) in [7, 11) is 3.40. The summed E-state index contributed by atoms with van der Waals surface area (Å²) in [5.74, 6) is -0.441. The van der Waals surface area contributed by atoms with E-state index in [2.05, 4.69) is 4.90 Å². The Morgan fingerprint density at radius 3 is 2.44 bits per heavy atom. The number of carbonyl (C=O) groups excluding carboxylic acids is 2. The molecule has 32 heavy (non-hydrogen) atoms. The van der Waals surface area contributed by atoms with Crippen LogP contribution in [0.2, 0.25) is 0 Å². The minimum Gasteiger partial charge on any atom is -0.465 e. The molecule has 1 fully saturated rings. The molecule has 2 aliphatic rings. The van der Waals surface area contributed by atoms with E-state index in [4.69, 9.17) is 14.2 Å². The van der Waals surface area contributed by atoms with Crippen molar-refractivity contribution in [3.63, 3.8) is 0 Å². The third-order valence-electron chi connectivity index (χ3n) is 6.13. The van der Waals surface area contributed by atoms with E-state index in [1.165, 1.54) is 7.11 Å². The van der Waals surface area contributed by atoms with Crippen LogP contribution >= 0.6 is 0 Å². The van der Waals surface area contributed by atoms with Crippen molar-refractivity contribution in [1.29, 1.82) is 0 Å². The molecule has 0 radical (unpaired) electrons. The summed E-state index contributed by atoms with van der Waals surface area (Å²) in [5.41, 5.74) is 1.42. The first kappa shape index (κ1) is 24.2. The summed E-state index contributed by atoms with van der Waals surface area (Å²) in [6.07, 6.45) is 2.57. The number of amides is 1. The van der Waals surface area contributed by atoms with Gasteiger partial charge < -0.3 is 29.1 Å². The molecule has 1 saturated heterocycles. The van der Waals surface area contributed by atoms with E-state index in [-0.39, 0.29) is 24.3 Å². The number of benzene rings is 1. The summed E-state index contributed by atoms with van der Waals surface area (Å²) in [6.45, 7) is 5.37. The normalized spacial score (nSPS) is 23.9. The lowest BCUT2D eigenvalue weighted by atomic mass is 9.80. The van der Waals surface area contributed by atoms with Crippen molar-refractivity contribution in [3.05, 3.63) is 47.2 Å². The molecule has 0 aromatic heterocycles. The summed E-state index contributed by atoms with van der Waals surface area (Å²) in [6, 6.07) is 7.22. The molecule has 3 rings (SSSR count). The Bertz CT molecular complexity index is 801. The van der Waals surface area contributed by atoms with Crippen LogP contribution in [0.4, 0.5) is 0 Å². The van der Waals surface area contributed by atoms with Gasteiger partial charge in [0.2, 0.25) is 6.29 Å². The van der Waals surface area contributed by atoms with Gasteiger partial charge in [0, 0.05) is 51.2 Å². The van der Waals surface area contributed by atoms with E-state index in [0.29, 0.717) is 43.9 Å². The molecule has 1 amide bonds. The molecule has 0 bridgehead atoms. The van der Waals surface area contributed by atoms with Crippen LogP contribution in [-0.4, -0.2) is 86.6 Å². The van der Waals surface area contributed by atoms with Crippen LogP contribution in [0.5, 0.6) is 0 Å². The van der Waals surface area contributed by atoms with E-state index in [1.54, 1.807) is 12.1 Å². The van der Waals surface area contributed by atoms with Crippen molar-refractivity contribution in [2.45, 2.75) is 32.0 Å². The summed E-state index contributed by atoms with van der Waals surface area (Å²) in [4.78, 5) is 29.1. The summed E-state index contributed by atoms with van der Waals surface area (Å²) >= 11 is 0. The Morgan fingerprint density at radius 1 is 1.16 bits per heavy atom. The van der Waals surface area contributed by atoms with Gasteiger partial charge in [0.25, 0.3) is 5.91 Å². The fraction of sp³-hybridized carbons (Fsp3) is 0.583. The van der Waals surface area contributed by atoms with Crippen LogP contribution in [0, 0.1) is 5.92 Å². The predicted octanol–water partition coefficient (Wildman–Crippen LogP) is 2.00. The second-order valence-corrected chi connectivity index (χ2v) is 8.24.